The third-order valence-corrected chi connectivity index (χ3v) is 3.23. The summed E-state index contributed by atoms with van der Waals surface area (Å²) in [6.45, 7) is 3.77. The molecule has 1 fully saturated rings. The highest BCUT2D eigenvalue weighted by Crippen LogP contribution is 2.14. The Morgan fingerprint density at radius 3 is 3.05 bits per heavy atom. The summed E-state index contributed by atoms with van der Waals surface area (Å²) >= 11 is 0. The number of hydrogen-bond acceptors (Lipinski definition) is 5. The summed E-state index contributed by atoms with van der Waals surface area (Å²) in [5.74, 6) is -1.02. The molecule has 6 nitrogen and oxygen atoms in total. The van der Waals surface area contributed by atoms with Crippen molar-refractivity contribution in [3.05, 3.63) is 29.6 Å². The highest BCUT2D eigenvalue weighted by molar-refractivity contribution is 5.85. The number of pyridine rings is 1. The first-order valence-electron chi connectivity index (χ1n) is 6.26. The molecular weight excluding hydrogens is 248 g/mol. The van der Waals surface area contributed by atoms with E-state index in [-0.39, 0.29) is 24.4 Å². The van der Waals surface area contributed by atoms with Crippen molar-refractivity contribution in [3.8, 4) is 0 Å². The van der Waals surface area contributed by atoms with Gasteiger partial charge in [0, 0.05) is 19.1 Å². The van der Waals surface area contributed by atoms with Gasteiger partial charge in [-0.25, -0.2) is 9.78 Å². The van der Waals surface area contributed by atoms with Crippen LogP contribution < -0.4 is 0 Å². The van der Waals surface area contributed by atoms with Crippen molar-refractivity contribution in [3.63, 3.8) is 0 Å². The molecule has 0 radical (unpaired) electrons. The number of nitrogens with zero attached hydrogens (tertiary/aromatic N) is 2. The van der Waals surface area contributed by atoms with Crippen molar-refractivity contribution >= 4 is 5.97 Å². The molecule has 2 rings (SSSR count). The molecule has 2 atom stereocenters. The number of aliphatic hydroxyl groups is 1. The topological polar surface area (TPSA) is 82.9 Å². The van der Waals surface area contributed by atoms with Gasteiger partial charge in [-0.05, 0) is 19.1 Å². The fourth-order valence-corrected chi connectivity index (χ4v) is 2.10. The van der Waals surface area contributed by atoms with Crippen LogP contribution in [0.2, 0.25) is 0 Å². The van der Waals surface area contributed by atoms with Gasteiger partial charge in [0.2, 0.25) is 0 Å². The lowest BCUT2D eigenvalue weighted by Gasteiger charge is -2.37. The Bertz CT molecular complexity index is 452. The van der Waals surface area contributed by atoms with Crippen molar-refractivity contribution in [1.82, 2.24) is 9.88 Å². The first-order valence-corrected chi connectivity index (χ1v) is 6.26. The summed E-state index contributed by atoms with van der Waals surface area (Å²) in [6.07, 6.45) is -0.182. The summed E-state index contributed by atoms with van der Waals surface area (Å²) in [7, 11) is 0. The van der Waals surface area contributed by atoms with Crippen molar-refractivity contribution in [2.45, 2.75) is 25.6 Å². The van der Waals surface area contributed by atoms with Crippen molar-refractivity contribution in [2.24, 2.45) is 0 Å². The van der Waals surface area contributed by atoms with Gasteiger partial charge in [0.05, 0.1) is 25.0 Å². The van der Waals surface area contributed by atoms with Gasteiger partial charge in [0.1, 0.15) is 5.69 Å². The highest BCUT2D eigenvalue weighted by Gasteiger charge is 2.25. The molecule has 6 heteroatoms. The van der Waals surface area contributed by atoms with E-state index in [4.69, 9.17) is 14.9 Å². The minimum absolute atomic E-state index is 0.00812. The Labute approximate surface area is 111 Å². The van der Waals surface area contributed by atoms with Crippen LogP contribution in [0.25, 0.3) is 0 Å². The fourth-order valence-electron chi connectivity index (χ4n) is 2.10. The Morgan fingerprint density at radius 2 is 2.37 bits per heavy atom. The van der Waals surface area contributed by atoms with Crippen molar-refractivity contribution in [2.75, 3.05) is 19.8 Å². The number of rotatable bonds is 4. The molecule has 1 aliphatic rings. The van der Waals surface area contributed by atoms with E-state index in [1.807, 2.05) is 13.0 Å². The summed E-state index contributed by atoms with van der Waals surface area (Å²) in [5.41, 5.74) is 0.766. The maximum atomic E-state index is 10.9. The van der Waals surface area contributed by atoms with Crippen LogP contribution in [-0.4, -0.2) is 58.0 Å². The lowest BCUT2D eigenvalue weighted by molar-refractivity contribution is -0.0808. The van der Waals surface area contributed by atoms with Crippen LogP contribution in [0.1, 0.15) is 23.1 Å². The molecule has 2 N–H and O–H groups in total. The zero-order valence-corrected chi connectivity index (χ0v) is 10.8. The Balaban J connectivity index is 2.06. The maximum Gasteiger partial charge on any atom is 0.354 e. The van der Waals surface area contributed by atoms with Crippen LogP contribution in [0, 0.1) is 0 Å². The average Bonchev–Trinajstić information content (AvgIpc) is 2.41. The van der Waals surface area contributed by atoms with Gasteiger partial charge in [-0.15, -0.1) is 0 Å². The predicted molar refractivity (Wildman–Crippen MR) is 67.9 cm³/mol. The fraction of sp³-hybridized carbons (Fsp3) is 0.538. The first-order chi connectivity index (χ1) is 9.10. The molecule has 19 heavy (non-hydrogen) atoms. The van der Waals surface area contributed by atoms with E-state index < -0.39 is 5.97 Å². The Kier molecular flexibility index (Phi) is 4.47. The van der Waals surface area contributed by atoms with E-state index in [1.165, 1.54) is 6.07 Å². The number of hydrogen-bond donors (Lipinski definition) is 2. The standard InChI is InChI=1S/C13H18N2O4/c1-9-8-19-11(7-16)6-15(9)5-10-3-2-4-12(14-10)13(17)18/h2-4,9,11,16H,5-8H2,1H3,(H,17,18). The van der Waals surface area contributed by atoms with E-state index in [0.717, 1.165) is 0 Å². The Hall–Kier alpha value is -1.50. The molecule has 104 valence electrons. The number of carboxylic acids is 1. The van der Waals surface area contributed by atoms with Gasteiger partial charge in [-0.2, -0.15) is 0 Å². The number of morpholine rings is 1. The minimum Gasteiger partial charge on any atom is -0.477 e. The molecule has 0 amide bonds. The molecular formula is C13H18N2O4. The molecule has 2 unspecified atom stereocenters. The molecule has 1 aliphatic heterocycles. The normalized spacial score (nSPS) is 24.3. The van der Waals surface area contributed by atoms with Gasteiger partial charge in [0.25, 0.3) is 0 Å². The largest absolute Gasteiger partial charge is 0.477 e. The lowest BCUT2D eigenvalue weighted by atomic mass is 10.2. The SMILES string of the molecule is CC1COC(CO)CN1Cc1cccc(C(=O)O)n1. The van der Waals surface area contributed by atoms with Crippen LogP contribution in [0.4, 0.5) is 0 Å². The molecule has 0 bridgehead atoms. The second-order valence-electron chi connectivity index (χ2n) is 4.74. The Morgan fingerprint density at radius 1 is 1.58 bits per heavy atom. The number of aromatic nitrogens is 1. The highest BCUT2D eigenvalue weighted by atomic mass is 16.5. The monoisotopic (exact) mass is 266 g/mol. The van der Waals surface area contributed by atoms with Crippen molar-refractivity contribution < 1.29 is 19.7 Å². The molecule has 2 heterocycles. The number of carbonyl (C=O) groups is 1. The van der Waals surface area contributed by atoms with Gasteiger partial charge >= 0.3 is 5.97 Å². The van der Waals surface area contributed by atoms with Gasteiger partial charge in [-0.3, -0.25) is 4.90 Å². The molecule has 0 aromatic carbocycles. The third-order valence-electron chi connectivity index (χ3n) is 3.23. The van der Waals surface area contributed by atoms with E-state index >= 15 is 0 Å². The molecule has 0 aliphatic carbocycles. The zero-order valence-electron chi connectivity index (χ0n) is 10.8. The molecule has 1 aromatic rings. The summed E-state index contributed by atoms with van der Waals surface area (Å²) in [4.78, 5) is 17.1. The first kappa shape index (κ1) is 13.9. The van der Waals surface area contributed by atoms with E-state index in [2.05, 4.69) is 9.88 Å². The predicted octanol–water partition coefficient (Wildman–Crippen LogP) is 0.361. The van der Waals surface area contributed by atoms with E-state index in [9.17, 15) is 4.79 Å². The van der Waals surface area contributed by atoms with Gasteiger partial charge < -0.3 is 14.9 Å². The number of carboxylic acid groups (broad SMARTS) is 1. The molecule has 0 saturated carbocycles. The summed E-state index contributed by atoms with van der Waals surface area (Å²) in [6, 6.07) is 5.20. The van der Waals surface area contributed by atoms with Crippen molar-refractivity contribution in [1.29, 1.82) is 0 Å². The van der Waals surface area contributed by atoms with Crippen LogP contribution in [0.3, 0.4) is 0 Å². The summed E-state index contributed by atoms with van der Waals surface area (Å²) in [5, 5.41) is 18.1. The molecule has 1 aromatic heterocycles. The van der Waals surface area contributed by atoms with Gasteiger partial charge in [-0.1, -0.05) is 6.07 Å². The second kappa shape index (κ2) is 6.10. The number of ether oxygens (including phenoxy) is 1. The minimum atomic E-state index is -1.02. The van der Waals surface area contributed by atoms with Gasteiger partial charge in [0.15, 0.2) is 0 Å². The molecule has 0 spiro atoms. The quantitative estimate of drug-likeness (QED) is 0.819. The van der Waals surface area contributed by atoms with Crippen LogP contribution >= 0.6 is 0 Å². The average molecular weight is 266 g/mol. The second-order valence-corrected chi connectivity index (χ2v) is 4.74. The van der Waals surface area contributed by atoms with E-state index in [1.54, 1.807) is 6.07 Å². The zero-order chi connectivity index (χ0) is 13.8. The third kappa shape index (κ3) is 3.50. The molecule has 1 saturated heterocycles. The summed E-state index contributed by atoms with van der Waals surface area (Å²) < 4.78 is 5.46. The number of aliphatic hydroxyl groups excluding tert-OH is 1. The van der Waals surface area contributed by atoms with Crippen LogP contribution in [-0.2, 0) is 11.3 Å². The smallest absolute Gasteiger partial charge is 0.354 e. The lowest BCUT2D eigenvalue weighted by Crippen LogP contribution is -2.48. The van der Waals surface area contributed by atoms with Crippen LogP contribution in [0.5, 0.6) is 0 Å². The number of aromatic carboxylic acids is 1. The van der Waals surface area contributed by atoms with Crippen LogP contribution in [0.15, 0.2) is 18.2 Å². The maximum absolute atomic E-state index is 10.9. The van der Waals surface area contributed by atoms with E-state index in [0.29, 0.717) is 25.4 Å².